The topological polar surface area (TPSA) is 104 Å². The summed E-state index contributed by atoms with van der Waals surface area (Å²) in [6.07, 6.45) is 8.30. The molecule has 0 spiro atoms. The maximum atomic E-state index is 13.0. The molecule has 3 aromatic heterocycles. The molecule has 0 bridgehead atoms. The van der Waals surface area contributed by atoms with Crippen molar-refractivity contribution in [1.29, 1.82) is 0 Å². The van der Waals surface area contributed by atoms with Crippen LogP contribution in [-0.2, 0) is 11.3 Å². The number of pyridine rings is 1. The molecule has 0 amide bonds. The number of aryl methyl sites for hydroxylation is 1. The maximum absolute atomic E-state index is 13.0. The molecule has 212 valence electrons. The van der Waals surface area contributed by atoms with Gasteiger partial charge < -0.3 is 20.0 Å². The quantitative estimate of drug-likeness (QED) is 0.249. The van der Waals surface area contributed by atoms with Crippen LogP contribution in [0.4, 0.5) is 5.69 Å². The Bertz CT molecular complexity index is 1610. The van der Waals surface area contributed by atoms with Crippen LogP contribution >= 0.6 is 11.6 Å². The number of hydrogen-bond acceptors (Lipinski definition) is 6. The number of nitrogens with zero attached hydrogens (tertiary/aromatic N) is 4. The third-order valence-corrected chi connectivity index (χ3v) is 7.89. The van der Waals surface area contributed by atoms with Crippen molar-refractivity contribution < 1.29 is 4.74 Å². The molecular formula is C30H38ClN7O2. The van der Waals surface area contributed by atoms with E-state index in [1.807, 2.05) is 6.07 Å². The van der Waals surface area contributed by atoms with Gasteiger partial charge in [0, 0.05) is 43.7 Å². The van der Waals surface area contributed by atoms with Gasteiger partial charge in [0.25, 0.3) is 5.56 Å². The maximum Gasteiger partial charge on any atom is 0.261 e. The SMILES string of the molecule is COCCN1C(C)(C)C=C(c2cc(C)c3nc(-c4c(NCCn5cc(Cl)cn5)cc[nH]c4=O)[nH]c3c2)CC1(C)C. The standard InChI is InChI=1S/C30H38ClN7O2/c1-19-13-20(21-15-29(2,3)38(11-12-40-6)30(4,5)16-21)14-24-26(19)36-27(35-24)25-23(7-8-33-28(25)39)32-9-10-37-18-22(31)17-34-37/h7-8,13-15,17-18H,9-12,16H2,1-6H3,(H,35,36)(H2,32,33,39). The minimum absolute atomic E-state index is 0.0342. The molecule has 1 aliphatic heterocycles. The number of rotatable bonds is 9. The van der Waals surface area contributed by atoms with E-state index in [9.17, 15) is 4.79 Å². The van der Waals surface area contributed by atoms with Crippen LogP contribution in [0.1, 0.15) is 45.2 Å². The largest absolute Gasteiger partial charge is 0.383 e. The summed E-state index contributed by atoms with van der Waals surface area (Å²) in [7, 11) is 1.75. The summed E-state index contributed by atoms with van der Waals surface area (Å²) < 4.78 is 7.15. The molecule has 0 radical (unpaired) electrons. The van der Waals surface area contributed by atoms with E-state index in [4.69, 9.17) is 21.3 Å². The number of benzene rings is 1. The third kappa shape index (κ3) is 5.59. The highest BCUT2D eigenvalue weighted by atomic mass is 35.5. The molecule has 1 aromatic carbocycles. The monoisotopic (exact) mass is 563 g/mol. The van der Waals surface area contributed by atoms with E-state index < -0.39 is 0 Å². The van der Waals surface area contributed by atoms with Crippen molar-refractivity contribution in [3.63, 3.8) is 0 Å². The normalized spacial score (nSPS) is 16.8. The second-order valence-corrected chi connectivity index (χ2v) is 12.1. The first-order chi connectivity index (χ1) is 19.0. The van der Waals surface area contributed by atoms with E-state index in [2.05, 4.69) is 78.1 Å². The Labute approximate surface area is 239 Å². The number of fused-ring (bicyclic) bond motifs is 1. The summed E-state index contributed by atoms with van der Waals surface area (Å²) in [4.78, 5) is 26.6. The zero-order valence-electron chi connectivity index (χ0n) is 24.1. The Balaban J connectivity index is 1.47. The van der Waals surface area contributed by atoms with Gasteiger partial charge in [0.05, 0.1) is 41.1 Å². The number of methoxy groups -OCH3 is 1. The van der Waals surface area contributed by atoms with Crippen LogP contribution in [0.3, 0.4) is 0 Å². The Morgan fingerprint density at radius 1 is 1.20 bits per heavy atom. The van der Waals surface area contributed by atoms with Crippen molar-refractivity contribution in [3.05, 3.63) is 69.4 Å². The van der Waals surface area contributed by atoms with E-state index in [1.165, 1.54) is 11.1 Å². The van der Waals surface area contributed by atoms with Crippen molar-refractivity contribution in [2.24, 2.45) is 0 Å². The Hall–Kier alpha value is -3.40. The zero-order chi connectivity index (χ0) is 28.7. The Kier molecular flexibility index (Phi) is 7.65. The molecule has 3 N–H and O–H groups in total. The van der Waals surface area contributed by atoms with Gasteiger partial charge in [0.1, 0.15) is 11.4 Å². The lowest BCUT2D eigenvalue weighted by molar-refractivity contribution is 0.0149. The van der Waals surface area contributed by atoms with Crippen LogP contribution in [0.5, 0.6) is 0 Å². The van der Waals surface area contributed by atoms with Gasteiger partial charge in [-0.3, -0.25) is 14.4 Å². The minimum atomic E-state index is -0.210. The van der Waals surface area contributed by atoms with Crippen molar-refractivity contribution in [2.45, 2.75) is 58.7 Å². The average Bonchev–Trinajstić information content (AvgIpc) is 3.49. The second-order valence-electron chi connectivity index (χ2n) is 11.7. The first kappa shape index (κ1) is 28.1. The number of anilines is 1. The van der Waals surface area contributed by atoms with Crippen LogP contribution in [0.25, 0.3) is 28.0 Å². The molecule has 0 saturated carbocycles. The lowest BCUT2D eigenvalue weighted by Crippen LogP contribution is -2.58. The molecule has 0 atom stereocenters. The van der Waals surface area contributed by atoms with Gasteiger partial charge >= 0.3 is 0 Å². The van der Waals surface area contributed by atoms with E-state index in [-0.39, 0.29) is 16.6 Å². The first-order valence-electron chi connectivity index (χ1n) is 13.6. The number of imidazole rings is 1. The highest BCUT2D eigenvalue weighted by Gasteiger charge is 2.41. The number of H-pyrrole nitrogens is 2. The number of aromatic amines is 2. The fraction of sp³-hybridized carbons (Fsp3) is 0.433. The van der Waals surface area contributed by atoms with Crippen molar-refractivity contribution in [3.8, 4) is 11.4 Å². The Morgan fingerprint density at radius 3 is 2.70 bits per heavy atom. The smallest absolute Gasteiger partial charge is 0.261 e. The summed E-state index contributed by atoms with van der Waals surface area (Å²) in [6, 6.07) is 6.22. The lowest BCUT2D eigenvalue weighted by atomic mass is 9.78. The predicted molar refractivity (Wildman–Crippen MR) is 162 cm³/mol. The summed E-state index contributed by atoms with van der Waals surface area (Å²) in [5, 5.41) is 8.16. The van der Waals surface area contributed by atoms with Crippen LogP contribution in [0.15, 0.2) is 47.7 Å². The molecule has 10 heteroatoms. The summed E-state index contributed by atoms with van der Waals surface area (Å²) in [5.41, 5.74) is 6.11. The summed E-state index contributed by atoms with van der Waals surface area (Å²) >= 11 is 5.98. The molecule has 1 aliphatic rings. The van der Waals surface area contributed by atoms with Crippen molar-refractivity contribution in [1.82, 2.24) is 29.6 Å². The molecular weight excluding hydrogens is 526 g/mol. The number of nitrogens with one attached hydrogen (secondary N) is 3. The second kappa shape index (κ2) is 10.9. The van der Waals surface area contributed by atoms with Gasteiger partial charge in [-0.1, -0.05) is 17.7 Å². The number of halogens is 1. The molecule has 0 aliphatic carbocycles. The molecule has 9 nitrogen and oxygen atoms in total. The van der Waals surface area contributed by atoms with E-state index >= 15 is 0 Å². The molecule has 40 heavy (non-hydrogen) atoms. The first-order valence-corrected chi connectivity index (χ1v) is 14.0. The molecule has 0 saturated heterocycles. The van der Waals surface area contributed by atoms with E-state index in [1.54, 1.807) is 30.4 Å². The summed E-state index contributed by atoms with van der Waals surface area (Å²) in [6.45, 7) is 13.9. The van der Waals surface area contributed by atoms with Crippen LogP contribution in [-0.4, -0.2) is 67.5 Å². The molecule has 4 heterocycles. The fourth-order valence-electron chi connectivity index (χ4n) is 6.08. The average molecular weight is 564 g/mol. The fourth-order valence-corrected chi connectivity index (χ4v) is 6.23. The highest BCUT2D eigenvalue weighted by molar-refractivity contribution is 6.30. The van der Waals surface area contributed by atoms with Gasteiger partial charge in [-0.05, 0) is 75.9 Å². The summed E-state index contributed by atoms with van der Waals surface area (Å²) in [5.74, 6) is 0.533. The molecule has 5 rings (SSSR count). The predicted octanol–water partition coefficient (Wildman–Crippen LogP) is 5.48. The number of hydrogen-bond donors (Lipinski definition) is 3. The Morgan fingerprint density at radius 2 is 2.00 bits per heavy atom. The zero-order valence-corrected chi connectivity index (χ0v) is 24.8. The van der Waals surface area contributed by atoms with Gasteiger partial charge in [0.15, 0.2) is 0 Å². The van der Waals surface area contributed by atoms with Crippen molar-refractivity contribution >= 4 is 33.9 Å². The van der Waals surface area contributed by atoms with Crippen LogP contribution in [0.2, 0.25) is 5.02 Å². The van der Waals surface area contributed by atoms with E-state index in [0.29, 0.717) is 41.8 Å². The highest BCUT2D eigenvalue weighted by Crippen LogP contribution is 2.41. The minimum Gasteiger partial charge on any atom is -0.383 e. The van der Waals surface area contributed by atoms with Gasteiger partial charge in [-0.2, -0.15) is 5.10 Å². The lowest BCUT2D eigenvalue weighted by Gasteiger charge is -2.51. The van der Waals surface area contributed by atoms with Crippen LogP contribution in [0, 0.1) is 6.92 Å². The van der Waals surface area contributed by atoms with Gasteiger partial charge in [0.2, 0.25) is 0 Å². The van der Waals surface area contributed by atoms with E-state index in [0.717, 1.165) is 29.6 Å². The van der Waals surface area contributed by atoms with Crippen molar-refractivity contribution in [2.75, 3.05) is 32.1 Å². The molecule has 4 aromatic rings. The number of ether oxygens (including phenoxy) is 1. The third-order valence-electron chi connectivity index (χ3n) is 7.70. The van der Waals surface area contributed by atoms with Gasteiger partial charge in [-0.15, -0.1) is 0 Å². The number of aromatic nitrogens is 5. The molecule has 0 unspecified atom stereocenters. The van der Waals surface area contributed by atoms with Gasteiger partial charge in [-0.25, -0.2) is 4.98 Å². The molecule has 0 fully saturated rings. The van der Waals surface area contributed by atoms with Crippen LogP contribution < -0.4 is 10.9 Å².